The van der Waals surface area contributed by atoms with Crippen molar-refractivity contribution in [3.05, 3.63) is 40.5 Å². The maximum absolute atomic E-state index is 12.2. The molecule has 1 aromatic rings. The molecule has 0 radical (unpaired) electrons. The average molecular weight is 416 g/mol. The van der Waals surface area contributed by atoms with Crippen LogP contribution in [-0.4, -0.2) is 42.3 Å². The zero-order valence-electron chi connectivity index (χ0n) is 19.4. The van der Waals surface area contributed by atoms with Crippen LogP contribution >= 0.6 is 0 Å². The van der Waals surface area contributed by atoms with Gasteiger partial charge in [-0.1, -0.05) is 25.5 Å². The smallest absolute Gasteiger partial charge is 0.410 e. The van der Waals surface area contributed by atoms with E-state index in [-0.39, 0.29) is 12.1 Å². The third kappa shape index (κ3) is 7.19. The lowest BCUT2D eigenvalue weighted by Gasteiger charge is -2.32. The summed E-state index contributed by atoms with van der Waals surface area (Å²) < 4.78 is 10.8. The van der Waals surface area contributed by atoms with Gasteiger partial charge >= 0.3 is 12.1 Å². The van der Waals surface area contributed by atoms with Crippen LogP contribution in [0.5, 0.6) is 0 Å². The number of carbonyl (C=O) groups excluding carboxylic acids is 2. The highest BCUT2D eigenvalue weighted by Gasteiger charge is 2.26. The molecule has 1 aliphatic heterocycles. The minimum atomic E-state index is -0.461. The van der Waals surface area contributed by atoms with E-state index < -0.39 is 5.60 Å². The second kappa shape index (κ2) is 10.6. The Labute approximate surface area is 181 Å². The molecule has 1 fully saturated rings. The molecule has 0 atom stereocenters. The summed E-state index contributed by atoms with van der Waals surface area (Å²) in [4.78, 5) is 26.2. The molecule has 0 bridgehead atoms. The third-order valence-electron chi connectivity index (χ3n) is 5.29. The first kappa shape index (κ1) is 24.0. The molecule has 166 valence electrons. The van der Waals surface area contributed by atoms with Crippen LogP contribution in [0.3, 0.4) is 0 Å². The van der Waals surface area contributed by atoms with Crippen molar-refractivity contribution in [3.8, 4) is 0 Å². The molecule has 0 unspecified atom stereocenters. The predicted octanol–water partition coefficient (Wildman–Crippen LogP) is 5.92. The Bertz CT molecular complexity index is 745. The molecule has 1 aliphatic rings. The van der Waals surface area contributed by atoms with Crippen molar-refractivity contribution in [1.82, 2.24) is 4.90 Å². The lowest BCUT2D eigenvalue weighted by Crippen LogP contribution is -2.41. The summed E-state index contributed by atoms with van der Waals surface area (Å²) in [6, 6.07) is 3.82. The van der Waals surface area contributed by atoms with Crippen LogP contribution in [-0.2, 0) is 9.47 Å². The fraction of sp³-hybridized carbons (Fsp3) is 0.600. The molecule has 30 heavy (non-hydrogen) atoms. The van der Waals surface area contributed by atoms with Gasteiger partial charge < -0.3 is 14.4 Å². The second-order valence-electron chi connectivity index (χ2n) is 9.18. The number of allylic oxidation sites excluding steroid dienone is 1. The highest BCUT2D eigenvalue weighted by molar-refractivity contribution is 5.90. The molecule has 0 aromatic heterocycles. The number of piperidine rings is 1. The molecule has 5 heteroatoms. The van der Waals surface area contributed by atoms with Crippen LogP contribution in [0.2, 0.25) is 0 Å². The van der Waals surface area contributed by atoms with Crippen molar-refractivity contribution >= 4 is 18.1 Å². The first-order chi connectivity index (χ1) is 14.1. The number of carbonyl (C=O) groups is 2. The molecule has 5 nitrogen and oxygen atoms in total. The minimum absolute atomic E-state index is 0.224. The summed E-state index contributed by atoms with van der Waals surface area (Å²) in [7, 11) is 0. The summed E-state index contributed by atoms with van der Waals surface area (Å²) in [5.74, 6) is 0.181. The number of amides is 1. The summed E-state index contributed by atoms with van der Waals surface area (Å²) in [6.45, 7) is 13.7. The lowest BCUT2D eigenvalue weighted by molar-refractivity contribution is 0.0197. The quantitative estimate of drug-likeness (QED) is 0.427. The van der Waals surface area contributed by atoms with Gasteiger partial charge in [0, 0.05) is 13.1 Å². The third-order valence-corrected chi connectivity index (χ3v) is 5.29. The van der Waals surface area contributed by atoms with Gasteiger partial charge in [-0.15, -0.1) is 0 Å². The van der Waals surface area contributed by atoms with E-state index in [1.807, 2.05) is 46.8 Å². The number of nitrogens with zero attached hydrogens (tertiary/aromatic N) is 1. The van der Waals surface area contributed by atoms with Crippen LogP contribution in [0.4, 0.5) is 4.79 Å². The van der Waals surface area contributed by atoms with Gasteiger partial charge in [0.05, 0.1) is 12.2 Å². The Balaban J connectivity index is 1.95. The van der Waals surface area contributed by atoms with Gasteiger partial charge in [0.1, 0.15) is 5.60 Å². The van der Waals surface area contributed by atoms with E-state index in [4.69, 9.17) is 9.47 Å². The molecule has 0 N–H and O–H groups in total. The van der Waals surface area contributed by atoms with Crippen LogP contribution in [0.25, 0.3) is 6.08 Å². The van der Waals surface area contributed by atoms with E-state index in [9.17, 15) is 9.59 Å². The maximum atomic E-state index is 12.2. The minimum Gasteiger partial charge on any atom is -0.462 e. The predicted molar refractivity (Wildman–Crippen MR) is 121 cm³/mol. The fourth-order valence-corrected chi connectivity index (χ4v) is 3.58. The SMILES string of the molecule is CCCCOC(=O)c1cc(C)c(/C=C/C2CCN(C(=O)OC(C)(C)C)CC2)c(C)c1. The summed E-state index contributed by atoms with van der Waals surface area (Å²) >= 11 is 0. The highest BCUT2D eigenvalue weighted by atomic mass is 16.6. The van der Waals surface area contributed by atoms with Crippen LogP contribution in [0.15, 0.2) is 18.2 Å². The topological polar surface area (TPSA) is 55.8 Å². The lowest BCUT2D eigenvalue weighted by atomic mass is 9.93. The summed E-state index contributed by atoms with van der Waals surface area (Å²) in [5, 5.41) is 0. The maximum Gasteiger partial charge on any atom is 0.410 e. The Hall–Kier alpha value is -2.30. The Morgan fingerprint density at radius 2 is 1.73 bits per heavy atom. The first-order valence-corrected chi connectivity index (χ1v) is 11.0. The van der Waals surface area contributed by atoms with Crippen molar-refractivity contribution in [3.63, 3.8) is 0 Å². The molecule has 1 saturated heterocycles. The number of hydrogen-bond donors (Lipinski definition) is 0. The zero-order chi connectivity index (χ0) is 22.3. The van der Waals surface area contributed by atoms with Gasteiger partial charge in [0.25, 0.3) is 0 Å². The number of aryl methyl sites for hydroxylation is 2. The highest BCUT2D eigenvalue weighted by Crippen LogP contribution is 2.24. The normalized spacial score (nSPS) is 15.5. The first-order valence-electron chi connectivity index (χ1n) is 11.0. The van der Waals surface area contributed by atoms with Gasteiger partial charge in [-0.3, -0.25) is 0 Å². The Morgan fingerprint density at radius 1 is 1.13 bits per heavy atom. The molecule has 0 saturated carbocycles. The fourth-order valence-electron chi connectivity index (χ4n) is 3.58. The largest absolute Gasteiger partial charge is 0.462 e. The van der Waals surface area contributed by atoms with Gasteiger partial charge in [-0.25, -0.2) is 9.59 Å². The standard InChI is InChI=1S/C25H37NO4/c1-7-8-15-29-23(27)21-16-18(2)22(19(3)17-21)10-9-20-11-13-26(14-12-20)24(28)30-25(4,5)6/h9-10,16-17,20H,7-8,11-15H2,1-6H3/b10-9+. The van der Waals surface area contributed by atoms with Gasteiger partial charge in [0.2, 0.25) is 0 Å². The number of likely N-dealkylation sites (tertiary alicyclic amines) is 1. The van der Waals surface area contributed by atoms with Crippen LogP contribution in [0.1, 0.15) is 80.4 Å². The van der Waals surface area contributed by atoms with E-state index >= 15 is 0 Å². The van der Waals surface area contributed by atoms with E-state index in [0.717, 1.165) is 42.4 Å². The monoisotopic (exact) mass is 415 g/mol. The Kier molecular flexibility index (Phi) is 8.51. The van der Waals surface area contributed by atoms with E-state index in [0.29, 0.717) is 31.2 Å². The number of esters is 1. The molecule has 2 rings (SSSR count). The molecular weight excluding hydrogens is 378 g/mol. The van der Waals surface area contributed by atoms with E-state index in [1.165, 1.54) is 0 Å². The van der Waals surface area contributed by atoms with Crippen molar-refractivity contribution < 1.29 is 19.1 Å². The van der Waals surface area contributed by atoms with Crippen molar-refractivity contribution in [2.24, 2.45) is 5.92 Å². The van der Waals surface area contributed by atoms with Crippen molar-refractivity contribution in [2.45, 2.75) is 72.8 Å². The summed E-state index contributed by atoms with van der Waals surface area (Å²) in [6.07, 6.45) is 7.91. The number of hydrogen-bond acceptors (Lipinski definition) is 4. The van der Waals surface area contributed by atoms with Crippen LogP contribution in [0, 0.1) is 19.8 Å². The van der Waals surface area contributed by atoms with Crippen LogP contribution < -0.4 is 0 Å². The zero-order valence-corrected chi connectivity index (χ0v) is 19.4. The molecular formula is C25H37NO4. The van der Waals surface area contributed by atoms with Crippen molar-refractivity contribution in [1.29, 1.82) is 0 Å². The number of rotatable bonds is 6. The Morgan fingerprint density at radius 3 is 2.27 bits per heavy atom. The van der Waals surface area contributed by atoms with Gasteiger partial charge in [-0.05, 0) is 88.6 Å². The van der Waals surface area contributed by atoms with E-state index in [2.05, 4.69) is 19.1 Å². The number of benzene rings is 1. The second-order valence-corrected chi connectivity index (χ2v) is 9.18. The molecule has 1 heterocycles. The summed E-state index contributed by atoms with van der Waals surface area (Å²) in [5.41, 5.74) is 3.44. The van der Waals surface area contributed by atoms with Gasteiger partial charge in [0.15, 0.2) is 0 Å². The van der Waals surface area contributed by atoms with Crippen molar-refractivity contribution in [2.75, 3.05) is 19.7 Å². The molecule has 0 spiro atoms. The number of ether oxygens (including phenoxy) is 2. The molecule has 1 amide bonds. The van der Waals surface area contributed by atoms with E-state index in [1.54, 1.807) is 4.90 Å². The average Bonchev–Trinajstić information content (AvgIpc) is 2.66. The molecule has 0 aliphatic carbocycles. The molecule has 1 aromatic carbocycles. The van der Waals surface area contributed by atoms with Gasteiger partial charge in [-0.2, -0.15) is 0 Å². The number of unbranched alkanes of at least 4 members (excludes halogenated alkanes) is 1.